The summed E-state index contributed by atoms with van der Waals surface area (Å²) in [5.41, 5.74) is 0.709. The van der Waals surface area contributed by atoms with E-state index in [1.165, 1.54) is 41.9 Å². The normalized spacial score (nSPS) is 11.0. The molecule has 11 heteroatoms. The zero-order valence-electron chi connectivity index (χ0n) is 14.1. The molecule has 144 valence electrons. The van der Waals surface area contributed by atoms with Crippen molar-refractivity contribution in [1.82, 2.24) is 9.36 Å². The molecule has 0 aliphatic rings. The molecular formula is C17H11F3N4O2S2. The van der Waals surface area contributed by atoms with E-state index in [0.29, 0.717) is 16.4 Å². The highest BCUT2D eigenvalue weighted by atomic mass is 32.2. The first kappa shape index (κ1) is 19.8. The van der Waals surface area contributed by atoms with Crippen molar-refractivity contribution in [3.63, 3.8) is 0 Å². The van der Waals surface area contributed by atoms with Crippen LogP contribution in [0.25, 0.3) is 0 Å². The van der Waals surface area contributed by atoms with Crippen molar-refractivity contribution in [2.24, 2.45) is 0 Å². The minimum Gasteiger partial charge on any atom is -0.456 e. The lowest BCUT2D eigenvalue weighted by Gasteiger charge is -2.13. The van der Waals surface area contributed by atoms with E-state index < -0.39 is 6.36 Å². The molecule has 28 heavy (non-hydrogen) atoms. The zero-order valence-corrected chi connectivity index (χ0v) is 15.8. The summed E-state index contributed by atoms with van der Waals surface area (Å²) in [5, 5.41) is 10.0. The number of anilines is 1. The van der Waals surface area contributed by atoms with Crippen LogP contribution in [0.5, 0.6) is 17.2 Å². The predicted molar refractivity (Wildman–Crippen MR) is 98.5 cm³/mol. The lowest BCUT2D eigenvalue weighted by molar-refractivity contribution is -0.274. The van der Waals surface area contributed by atoms with Gasteiger partial charge in [-0.1, -0.05) is 0 Å². The Bertz CT molecular complexity index is 1000. The summed E-state index contributed by atoms with van der Waals surface area (Å²) in [6, 6.07) is 10.8. The third-order valence-corrected chi connectivity index (χ3v) is 4.78. The van der Waals surface area contributed by atoms with E-state index in [4.69, 9.17) is 4.74 Å². The van der Waals surface area contributed by atoms with Crippen LogP contribution >= 0.6 is 23.5 Å². The van der Waals surface area contributed by atoms with Crippen molar-refractivity contribution in [2.75, 3.05) is 4.72 Å². The van der Waals surface area contributed by atoms with Crippen LogP contribution in [0.3, 0.4) is 0 Å². The average molecular weight is 424 g/mol. The number of benzene rings is 2. The average Bonchev–Trinajstić information content (AvgIpc) is 3.15. The van der Waals surface area contributed by atoms with Gasteiger partial charge >= 0.3 is 6.36 Å². The maximum Gasteiger partial charge on any atom is 0.573 e. The second-order valence-corrected chi connectivity index (χ2v) is 6.96. The molecule has 6 nitrogen and oxygen atoms in total. The molecule has 0 unspecified atom stereocenters. The van der Waals surface area contributed by atoms with E-state index in [2.05, 4.69) is 18.8 Å². The van der Waals surface area contributed by atoms with Gasteiger partial charge in [0.15, 0.2) is 0 Å². The molecular weight excluding hydrogens is 413 g/mol. The van der Waals surface area contributed by atoms with E-state index in [-0.39, 0.29) is 17.1 Å². The van der Waals surface area contributed by atoms with Gasteiger partial charge in [0.25, 0.3) is 0 Å². The first-order valence-corrected chi connectivity index (χ1v) is 9.21. The molecule has 1 heterocycles. The molecule has 0 spiro atoms. The van der Waals surface area contributed by atoms with Crippen LogP contribution in [-0.4, -0.2) is 15.7 Å². The van der Waals surface area contributed by atoms with Gasteiger partial charge in [0.1, 0.15) is 29.6 Å². The smallest absolute Gasteiger partial charge is 0.456 e. The number of aryl methyl sites for hydroxylation is 1. The van der Waals surface area contributed by atoms with Crippen molar-refractivity contribution < 1.29 is 22.6 Å². The second-order valence-electron chi connectivity index (χ2n) is 5.30. The number of alkyl halides is 3. The SMILES string of the molecule is Cc1cc(OC(F)(F)F)ccc1Oc1ccc(SNc2ncns2)cc1C#N. The highest BCUT2D eigenvalue weighted by Gasteiger charge is 2.31. The summed E-state index contributed by atoms with van der Waals surface area (Å²) in [5.74, 6) is 0.265. The molecule has 0 aliphatic heterocycles. The fourth-order valence-corrected chi connectivity index (χ4v) is 3.25. The summed E-state index contributed by atoms with van der Waals surface area (Å²) < 4.78 is 53.4. The Morgan fingerprint density at radius 3 is 2.61 bits per heavy atom. The van der Waals surface area contributed by atoms with Crippen LogP contribution in [-0.2, 0) is 0 Å². The van der Waals surface area contributed by atoms with Crippen LogP contribution in [0.1, 0.15) is 11.1 Å². The molecule has 1 N–H and O–H groups in total. The standard InChI is InChI=1S/C17H11F3N4O2S2/c1-10-6-12(26-17(18,19)20)2-4-14(10)25-15-5-3-13(7-11(15)8-21)27-24-16-22-9-23-28-16/h2-7,9H,1H3,(H,22,23,24). The number of nitriles is 1. The maximum atomic E-state index is 12.3. The second kappa shape index (κ2) is 8.37. The van der Waals surface area contributed by atoms with Crippen LogP contribution in [0, 0.1) is 18.3 Å². The molecule has 1 aromatic heterocycles. The number of rotatable bonds is 6. The van der Waals surface area contributed by atoms with Crippen LogP contribution in [0.4, 0.5) is 18.3 Å². The highest BCUT2D eigenvalue weighted by molar-refractivity contribution is 8.00. The maximum absolute atomic E-state index is 12.3. The summed E-state index contributed by atoms with van der Waals surface area (Å²) in [6.45, 7) is 1.58. The summed E-state index contributed by atoms with van der Waals surface area (Å²) in [7, 11) is 0. The van der Waals surface area contributed by atoms with Gasteiger partial charge in [0.05, 0.1) is 5.56 Å². The predicted octanol–water partition coefficient (Wildman–Crippen LogP) is 5.53. The molecule has 0 saturated heterocycles. The minimum absolute atomic E-state index is 0.277. The van der Waals surface area contributed by atoms with Gasteiger partial charge in [0, 0.05) is 16.4 Å². The number of nitrogens with one attached hydrogen (secondary N) is 1. The molecule has 0 radical (unpaired) electrons. The van der Waals surface area contributed by atoms with Crippen LogP contribution < -0.4 is 14.2 Å². The quantitative estimate of drug-likeness (QED) is 0.521. The zero-order chi connectivity index (χ0) is 20.1. The van der Waals surface area contributed by atoms with Crippen molar-refractivity contribution in [3.8, 4) is 23.3 Å². The summed E-state index contributed by atoms with van der Waals surface area (Å²) in [6.07, 6.45) is -3.34. The van der Waals surface area contributed by atoms with Crippen molar-refractivity contribution in [3.05, 3.63) is 53.9 Å². The van der Waals surface area contributed by atoms with E-state index in [1.807, 2.05) is 6.07 Å². The van der Waals surface area contributed by atoms with Crippen LogP contribution in [0.2, 0.25) is 0 Å². The summed E-state index contributed by atoms with van der Waals surface area (Å²) in [4.78, 5) is 4.75. The molecule has 3 aromatic rings. The van der Waals surface area contributed by atoms with Crippen molar-refractivity contribution in [2.45, 2.75) is 18.2 Å². The molecule has 0 amide bonds. The number of hydrogen-bond donors (Lipinski definition) is 1. The Hall–Kier alpha value is -2.97. The van der Waals surface area contributed by atoms with Gasteiger partial charge in [-0.05, 0) is 60.8 Å². The Morgan fingerprint density at radius 1 is 1.18 bits per heavy atom. The monoisotopic (exact) mass is 424 g/mol. The lowest BCUT2D eigenvalue weighted by atomic mass is 10.2. The Labute approximate surface area is 166 Å². The first-order chi connectivity index (χ1) is 13.3. The molecule has 3 rings (SSSR count). The topological polar surface area (TPSA) is 80.1 Å². The fourth-order valence-electron chi connectivity index (χ4n) is 2.12. The molecule has 0 atom stereocenters. The third-order valence-electron chi connectivity index (χ3n) is 3.29. The number of hydrogen-bond acceptors (Lipinski definition) is 8. The van der Waals surface area contributed by atoms with Gasteiger partial charge in [-0.3, -0.25) is 0 Å². The minimum atomic E-state index is -4.76. The van der Waals surface area contributed by atoms with Crippen LogP contribution in [0.15, 0.2) is 47.6 Å². The van der Waals surface area contributed by atoms with E-state index in [0.717, 1.165) is 11.0 Å². The van der Waals surface area contributed by atoms with Crippen molar-refractivity contribution in [1.29, 1.82) is 5.26 Å². The Kier molecular flexibility index (Phi) is 5.91. The number of aromatic nitrogens is 2. The van der Waals surface area contributed by atoms with Gasteiger partial charge in [-0.15, -0.1) is 13.2 Å². The molecule has 2 aromatic carbocycles. The molecule has 0 aliphatic carbocycles. The van der Waals surface area contributed by atoms with E-state index in [1.54, 1.807) is 25.1 Å². The highest BCUT2D eigenvalue weighted by Crippen LogP contribution is 2.33. The summed E-state index contributed by atoms with van der Waals surface area (Å²) >= 11 is 2.46. The Balaban J connectivity index is 1.74. The Morgan fingerprint density at radius 2 is 1.96 bits per heavy atom. The van der Waals surface area contributed by atoms with Gasteiger partial charge in [-0.25, -0.2) is 4.98 Å². The molecule has 0 fully saturated rings. The van der Waals surface area contributed by atoms with Crippen molar-refractivity contribution >= 4 is 28.6 Å². The van der Waals surface area contributed by atoms with E-state index >= 15 is 0 Å². The number of halogens is 3. The van der Waals surface area contributed by atoms with Gasteiger partial charge in [-0.2, -0.15) is 9.64 Å². The molecule has 0 bridgehead atoms. The molecule has 0 saturated carbocycles. The largest absolute Gasteiger partial charge is 0.573 e. The fraction of sp³-hybridized carbons (Fsp3) is 0.118. The third kappa shape index (κ3) is 5.28. The number of nitrogens with zero attached hydrogens (tertiary/aromatic N) is 3. The van der Waals surface area contributed by atoms with Gasteiger partial charge in [0.2, 0.25) is 5.13 Å². The number of ether oxygens (including phenoxy) is 2. The van der Waals surface area contributed by atoms with Gasteiger partial charge < -0.3 is 14.2 Å². The lowest BCUT2D eigenvalue weighted by Crippen LogP contribution is -2.17. The first-order valence-electron chi connectivity index (χ1n) is 7.62. The van der Waals surface area contributed by atoms with E-state index in [9.17, 15) is 18.4 Å².